The van der Waals surface area contributed by atoms with Gasteiger partial charge in [0.05, 0.1) is 37.0 Å². The van der Waals surface area contributed by atoms with Gasteiger partial charge in [-0.05, 0) is 89.6 Å². The highest BCUT2D eigenvalue weighted by atomic mass is 16.5. The van der Waals surface area contributed by atoms with Crippen LogP contribution in [0.1, 0.15) is 12.8 Å². The molecule has 0 fully saturated rings. The fourth-order valence-corrected chi connectivity index (χ4v) is 3.23. The molecule has 32 heavy (non-hydrogen) atoms. The smallest absolute Gasteiger partial charge is 0.119 e. The summed E-state index contributed by atoms with van der Waals surface area (Å²) in [6, 6.07) is 16.1. The number of benzene rings is 2. The fraction of sp³-hybridized carbons (Fsp3) is 0.385. The molecule has 1 heterocycles. The van der Waals surface area contributed by atoms with Crippen LogP contribution in [0, 0.1) is 0 Å². The van der Waals surface area contributed by atoms with Gasteiger partial charge in [-0.15, -0.1) is 0 Å². The van der Waals surface area contributed by atoms with Gasteiger partial charge in [-0.1, -0.05) is 0 Å². The molecule has 0 aliphatic heterocycles. The lowest BCUT2D eigenvalue weighted by molar-refractivity contribution is 0.281. The third kappa shape index (κ3) is 7.62. The van der Waals surface area contributed by atoms with Crippen LogP contribution in [0.25, 0.3) is 22.5 Å². The molecule has 0 aliphatic rings. The molecule has 0 saturated carbocycles. The van der Waals surface area contributed by atoms with Crippen molar-refractivity contribution in [1.82, 2.24) is 19.8 Å². The molecule has 0 aliphatic carbocycles. The van der Waals surface area contributed by atoms with E-state index < -0.39 is 0 Å². The molecule has 0 N–H and O–H groups in total. The molecule has 0 spiro atoms. The second-order valence-corrected chi connectivity index (χ2v) is 8.35. The van der Waals surface area contributed by atoms with E-state index in [4.69, 9.17) is 14.5 Å². The van der Waals surface area contributed by atoms with Gasteiger partial charge >= 0.3 is 0 Å². The molecular weight excluding hydrogens is 400 g/mol. The first-order valence-corrected chi connectivity index (χ1v) is 11.1. The van der Waals surface area contributed by atoms with Gasteiger partial charge in [0.25, 0.3) is 0 Å². The summed E-state index contributed by atoms with van der Waals surface area (Å²) in [7, 11) is 8.28. The van der Waals surface area contributed by atoms with E-state index >= 15 is 0 Å². The summed E-state index contributed by atoms with van der Waals surface area (Å²) >= 11 is 0. The van der Waals surface area contributed by atoms with Crippen LogP contribution in [0.5, 0.6) is 11.5 Å². The van der Waals surface area contributed by atoms with E-state index in [0.717, 1.165) is 59.9 Å². The lowest BCUT2D eigenvalue weighted by Gasteiger charge is -2.11. The van der Waals surface area contributed by atoms with E-state index in [1.807, 2.05) is 48.5 Å². The van der Waals surface area contributed by atoms with Crippen molar-refractivity contribution in [2.45, 2.75) is 12.8 Å². The number of hydrogen-bond donors (Lipinski definition) is 0. The predicted molar refractivity (Wildman–Crippen MR) is 130 cm³/mol. The minimum atomic E-state index is 0.710. The maximum atomic E-state index is 5.82. The molecule has 0 bridgehead atoms. The predicted octanol–water partition coefficient (Wildman–Crippen LogP) is 4.47. The van der Waals surface area contributed by atoms with Gasteiger partial charge in [-0.3, -0.25) is 4.98 Å². The zero-order valence-electron chi connectivity index (χ0n) is 19.6. The normalized spacial score (nSPS) is 11.2. The van der Waals surface area contributed by atoms with Gasteiger partial charge in [0.15, 0.2) is 0 Å². The molecule has 6 heteroatoms. The summed E-state index contributed by atoms with van der Waals surface area (Å²) in [6.07, 6.45) is 5.59. The van der Waals surface area contributed by atoms with Crippen molar-refractivity contribution in [2.24, 2.45) is 0 Å². The Morgan fingerprint density at radius 2 is 1.03 bits per heavy atom. The molecule has 0 atom stereocenters. The highest BCUT2D eigenvalue weighted by Gasteiger charge is 2.06. The molecule has 1 aromatic heterocycles. The van der Waals surface area contributed by atoms with Crippen LogP contribution < -0.4 is 9.47 Å². The van der Waals surface area contributed by atoms with Gasteiger partial charge in [0.1, 0.15) is 11.5 Å². The number of aromatic nitrogens is 2. The fourth-order valence-electron chi connectivity index (χ4n) is 3.23. The molecule has 170 valence electrons. The molecule has 0 unspecified atom stereocenters. The summed E-state index contributed by atoms with van der Waals surface area (Å²) in [6.45, 7) is 3.46. The SMILES string of the molecule is CN(C)CCCOc1ccc(-c2cncc(-c3ccc(OCCCN(C)C)cc3)n2)cc1. The molecule has 0 radical (unpaired) electrons. The summed E-state index contributed by atoms with van der Waals surface area (Å²) in [5.74, 6) is 1.75. The largest absolute Gasteiger partial charge is 0.494 e. The molecule has 0 amide bonds. The minimum Gasteiger partial charge on any atom is -0.494 e. The first-order chi connectivity index (χ1) is 15.5. The average Bonchev–Trinajstić information content (AvgIpc) is 2.80. The Morgan fingerprint density at radius 3 is 1.41 bits per heavy atom. The van der Waals surface area contributed by atoms with Gasteiger partial charge in [0, 0.05) is 24.2 Å². The van der Waals surface area contributed by atoms with Crippen LogP contribution in [-0.2, 0) is 0 Å². The average molecular weight is 435 g/mol. The van der Waals surface area contributed by atoms with Gasteiger partial charge < -0.3 is 19.3 Å². The van der Waals surface area contributed by atoms with Gasteiger partial charge in [-0.2, -0.15) is 0 Å². The monoisotopic (exact) mass is 434 g/mol. The topological polar surface area (TPSA) is 50.7 Å². The van der Waals surface area contributed by atoms with Crippen LogP contribution in [0.4, 0.5) is 0 Å². The molecule has 0 saturated heterocycles. The maximum absolute atomic E-state index is 5.82. The van der Waals surface area contributed by atoms with Crippen LogP contribution in [0.3, 0.4) is 0 Å². The Bertz CT molecular complexity index is 866. The quantitative estimate of drug-likeness (QED) is 0.392. The van der Waals surface area contributed by atoms with E-state index in [1.54, 1.807) is 12.4 Å². The second kappa shape index (κ2) is 12.2. The molecule has 3 aromatic rings. The number of nitrogens with zero attached hydrogens (tertiary/aromatic N) is 4. The van der Waals surface area contributed by atoms with Crippen LogP contribution >= 0.6 is 0 Å². The Kier molecular flexibility index (Phi) is 9.01. The lowest BCUT2D eigenvalue weighted by atomic mass is 10.1. The van der Waals surface area contributed by atoms with Gasteiger partial charge in [-0.25, -0.2) is 4.98 Å². The Balaban J connectivity index is 1.59. The first-order valence-electron chi connectivity index (χ1n) is 11.1. The third-order valence-electron chi connectivity index (χ3n) is 4.97. The highest BCUT2D eigenvalue weighted by molar-refractivity contribution is 5.65. The van der Waals surface area contributed by atoms with Crippen LogP contribution in [0.15, 0.2) is 60.9 Å². The lowest BCUT2D eigenvalue weighted by Crippen LogP contribution is -2.15. The van der Waals surface area contributed by atoms with Crippen molar-refractivity contribution >= 4 is 0 Å². The first kappa shape index (κ1) is 23.7. The molecule has 6 nitrogen and oxygen atoms in total. The Morgan fingerprint density at radius 1 is 0.625 bits per heavy atom. The summed E-state index contributed by atoms with van der Waals surface area (Å²) in [4.78, 5) is 13.5. The maximum Gasteiger partial charge on any atom is 0.119 e. The van der Waals surface area contributed by atoms with Crippen molar-refractivity contribution in [1.29, 1.82) is 0 Å². The summed E-state index contributed by atoms with van der Waals surface area (Å²) < 4.78 is 11.6. The number of ether oxygens (including phenoxy) is 2. The Hall–Kier alpha value is -2.96. The van der Waals surface area contributed by atoms with Gasteiger partial charge in [0.2, 0.25) is 0 Å². The summed E-state index contributed by atoms with van der Waals surface area (Å²) in [5, 5.41) is 0. The molecular formula is C26H34N4O2. The van der Waals surface area contributed by atoms with Crippen LogP contribution in [-0.4, -0.2) is 74.3 Å². The molecule has 2 aromatic carbocycles. The third-order valence-corrected chi connectivity index (χ3v) is 4.97. The van der Waals surface area contributed by atoms with E-state index in [1.165, 1.54) is 0 Å². The van der Waals surface area contributed by atoms with E-state index in [0.29, 0.717) is 13.2 Å². The van der Waals surface area contributed by atoms with Crippen molar-refractivity contribution in [3.63, 3.8) is 0 Å². The number of rotatable bonds is 12. The van der Waals surface area contributed by atoms with Crippen LogP contribution in [0.2, 0.25) is 0 Å². The molecule has 3 rings (SSSR count). The minimum absolute atomic E-state index is 0.710. The number of hydrogen-bond acceptors (Lipinski definition) is 6. The van der Waals surface area contributed by atoms with Crippen molar-refractivity contribution in [2.75, 3.05) is 54.5 Å². The van der Waals surface area contributed by atoms with E-state index in [-0.39, 0.29) is 0 Å². The highest BCUT2D eigenvalue weighted by Crippen LogP contribution is 2.25. The van der Waals surface area contributed by atoms with Crippen molar-refractivity contribution < 1.29 is 9.47 Å². The van der Waals surface area contributed by atoms with E-state index in [9.17, 15) is 0 Å². The summed E-state index contributed by atoms with van der Waals surface area (Å²) in [5.41, 5.74) is 3.71. The zero-order chi connectivity index (χ0) is 22.8. The Labute approximate surface area is 191 Å². The van der Waals surface area contributed by atoms with Crippen molar-refractivity contribution in [3.05, 3.63) is 60.9 Å². The van der Waals surface area contributed by atoms with E-state index in [2.05, 4.69) is 43.0 Å². The zero-order valence-corrected chi connectivity index (χ0v) is 19.6. The standard InChI is InChI=1S/C26H34N4O2/c1-29(2)15-5-17-31-23-11-7-21(8-12-23)25-19-27-20-26(28-25)22-9-13-24(14-10-22)32-18-6-16-30(3)4/h7-14,19-20H,5-6,15-18H2,1-4H3. The second-order valence-electron chi connectivity index (χ2n) is 8.35. The van der Waals surface area contributed by atoms with Crippen molar-refractivity contribution in [3.8, 4) is 34.0 Å².